The third-order valence-corrected chi connectivity index (χ3v) is 6.51. The van der Waals surface area contributed by atoms with Crippen molar-refractivity contribution >= 4 is 33.8 Å². The Morgan fingerprint density at radius 1 is 1.00 bits per heavy atom. The molecule has 0 aliphatic carbocycles. The number of hydrogen-bond acceptors (Lipinski definition) is 5. The third-order valence-electron chi connectivity index (χ3n) is 5.56. The Kier molecular flexibility index (Phi) is 6.46. The molecule has 5 nitrogen and oxygen atoms in total. The second kappa shape index (κ2) is 9.28. The Morgan fingerprint density at radius 3 is 2.25 bits per heavy atom. The van der Waals surface area contributed by atoms with Crippen molar-refractivity contribution in [2.75, 3.05) is 40.9 Å². The minimum Gasteiger partial charge on any atom is -0.368 e. The number of benzene rings is 2. The Morgan fingerprint density at radius 2 is 1.62 bits per heavy atom. The Bertz CT molecular complexity index is 1040. The third kappa shape index (κ3) is 5.10. The smallest absolute Gasteiger partial charge is 0.232 e. The van der Waals surface area contributed by atoms with E-state index in [1.165, 1.54) is 17.8 Å². The van der Waals surface area contributed by atoms with Gasteiger partial charge in [-0.05, 0) is 36.4 Å². The normalized spacial score (nSPS) is 14.5. The fourth-order valence-electron chi connectivity index (χ4n) is 3.78. The maximum atomic E-state index is 13.4. The molecule has 3 aromatic rings. The van der Waals surface area contributed by atoms with E-state index in [4.69, 9.17) is 4.98 Å². The molecule has 1 fully saturated rings. The molecule has 168 valence electrons. The summed E-state index contributed by atoms with van der Waals surface area (Å²) >= 11 is 1.61. The highest BCUT2D eigenvalue weighted by atomic mass is 32.1. The average Bonchev–Trinajstić information content (AvgIpc) is 3.26. The molecule has 0 atom stereocenters. The highest BCUT2D eigenvalue weighted by molar-refractivity contribution is 7.13. The van der Waals surface area contributed by atoms with Crippen LogP contribution in [0.15, 0.2) is 60.0 Å². The van der Waals surface area contributed by atoms with Gasteiger partial charge in [-0.25, -0.2) is 9.37 Å². The van der Waals surface area contributed by atoms with Gasteiger partial charge in [-0.1, -0.05) is 39.0 Å². The van der Waals surface area contributed by atoms with Gasteiger partial charge in [-0.2, -0.15) is 0 Å². The minimum absolute atomic E-state index is 0.0184. The summed E-state index contributed by atoms with van der Waals surface area (Å²) in [6, 6.07) is 16.5. The van der Waals surface area contributed by atoms with Crippen LogP contribution in [0.25, 0.3) is 0 Å². The zero-order valence-corrected chi connectivity index (χ0v) is 19.6. The summed E-state index contributed by atoms with van der Waals surface area (Å²) in [6.07, 6.45) is 0. The summed E-state index contributed by atoms with van der Waals surface area (Å²) in [5.74, 6) is -0.336. The number of amides is 1. The molecule has 0 saturated carbocycles. The Balaban J connectivity index is 1.46. The van der Waals surface area contributed by atoms with Crippen molar-refractivity contribution in [3.8, 4) is 0 Å². The number of carbonyl (C=O) groups is 1. The van der Waals surface area contributed by atoms with Crippen LogP contribution in [0, 0.1) is 11.2 Å². The highest BCUT2D eigenvalue weighted by Crippen LogP contribution is 2.28. The van der Waals surface area contributed by atoms with Gasteiger partial charge in [0.1, 0.15) is 5.82 Å². The molecule has 1 aromatic heterocycles. The van der Waals surface area contributed by atoms with Gasteiger partial charge < -0.3 is 14.7 Å². The number of para-hydroxylation sites is 1. The van der Waals surface area contributed by atoms with Gasteiger partial charge in [-0.15, -0.1) is 11.3 Å². The van der Waals surface area contributed by atoms with E-state index in [2.05, 4.69) is 34.1 Å². The lowest BCUT2D eigenvalue weighted by Gasteiger charge is -2.36. The molecule has 2 heterocycles. The van der Waals surface area contributed by atoms with E-state index in [0.29, 0.717) is 12.2 Å². The summed E-state index contributed by atoms with van der Waals surface area (Å²) in [5, 5.41) is 3.00. The number of thiazole rings is 1. The maximum absolute atomic E-state index is 13.4. The van der Waals surface area contributed by atoms with Crippen LogP contribution in [0.4, 0.5) is 20.9 Å². The van der Waals surface area contributed by atoms with Crippen LogP contribution < -0.4 is 14.7 Å². The highest BCUT2D eigenvalue weighted by Gasteiger charge is 2.29. The second-order valence-corrected chi connectivity index (χ2v) is 9.89. The lowest BCUT2D eigenvalue weighted by molar-refractivity contribution is -0.125. The lowest BCUT2D eigenvalue weighted by Crippen LogP contribution is -2.46. The molecule has 1 saturated heterocycles. The van der Waals surface area contributed by atoms with E-state index in [1.54, 1.807) is 28.4 Å². The second-order valence-electron chi connectivity index (χ2n) is 9.05. The van der Waals surface area contributed by atoms with E-state index in [9.17, 15) is 9.18 Å². The van der Waals surface area contributed by atoms with Crippen LogP contribution in [0.2, 0.25) is 0 Å². The van der Waals surface area contributed by atoms with E-state index in [0.717, 1.165) is 37.0 Å². The molecule has 0 spiro atoms. The molecular formula is C25H29FN4OS. The fourth-order valence-corrected chi connectivity index (χ4v) is 4.65. The van der Waals surface area contributed by atoms with E-state index in [1.807, 2.05) is 32.2 Å². The largest absolute Gasteiger partial charge is 0.368 e. The van der Waals surface area contributed by atoms with Crippen molar-refractivity contribution in [3.05, 3.63) is 71.5 Å². The molecule has 0 N–H and O–H groups in total. The monoisotopic (exact) mass is 452 g/mol. The standard InChI is InChI=1S/C25H29FN4OS/c1-25(2,3)23(31)30(22-11-9-19(26)10-12-22)17-20-18-32-24(27-20)29-15-13-28(14-16-29)21-7-5-4-6-8-21/h4-12,18H,13-17H2,1-3H3. The molecule has 0 bridgehead atoms. The first-order valence-electron chi connectivity index (χ1n) is 10.9. The zero-order valence-electron chi connectivity index (χ0n) is 18.8. The zero-order chi connectivity index (χ0) is 22.7. The average molecular weight is 453 g/mol. The van der Waals surface area contributed by atoms with Gasteiger partial charge in [0, 0.05) is 48.3 Å². The molecule has 1 aliphatic rings. The van der Waals surface area contributed by atoms with Crippen LogP contribution in [-0.2, 0) is 11.3 Å². The molecule has 4 rings (SSSR count). The number of hydrogen-bond donors (Lipinski definition) is 0. The molecule has 0 radical (unpaired) electrons. The van der Waals surface area contributed by atoms with Crippen molar-refractivity contribution in [3.63, 3.8) is 0 Å². The molecule has 32 heavy (non-hydrogen) atoms. The first-order chi connectivity index (χ1) is 15.3. The molecule has 1 aliphatic heterocycles. The number of halogens is 1. The van der Waals surface area contributed by atoms with Gasteiger partial charge in [0.15, 0.2) is 5.13 Å². The number of nitrogens with zero attached hydrogens (tertiary/aromatic N) is 4. The Labute approximate surface area is 193 Å². The minimum atomic E-state index is -0.555. The van der Waals surface area contributed by atoms with Crippen molar-refractivity contribution in [2.45, 2.75) is 27.3 Å². The Hall–Kier alpha value is -2.93. The molecular weight excluding hydrogens is 423 g/mol. The van der Waals surface area contributed by atoms with Crippen molar-refractivity contribution in [1.29, 1.82) is 0 Å². The predicted molar refractivity (Wildman–Crippen MR) is 130 cm³/mol. The van der Waals surface area contributed by atoms with Gasteiger partial charge in [0.25, 0.3) is 0 Å². The van der Waals surface area contributed by atoms with Crippen LogP contribution in [0.1, 0.15) is 26.5 Å². The van der Waals surface area contributed by atoms with Gasteiger partial charge in [0.05, 0.1) is 12.2 Å². The van der Waals surface area contributed by atoms with Crippen molar-refractivity contribution < 1.29 is 9.18 Å². The topological polar surface area (TPSA) is 39.7 Å². The first kappa shape index (κ1) is 22.3. The van der Waals surface area contributed by atoms with E-state index >= 15 is 0 Å². The summed E-state index contributed by atoms with van der Waals surface area (Å²) < 4.78 is 13.4. The maximum Gasteiger partial charge on any atom is 0.232 e. The summed E-state index contributed by atoms with van der Waals surface area (Å²) in [5.41, 5.74) is 2.22. The van der Waals surface area contributed by atoms with Crippen LogP contribution in [-0.4, -0.2) is 37.1 Å². The number of aromatic nitrogens is 1. The van der Waals surface area contributed by atoms with E-state index < -0.39 is 5.41 Å². The fraction of sp³-hybridized carbons (Fsp3) is 0.360. The summed E-state index contributed by atoms with van der Waals surface area (Å²) in [7, 11) is 0. The lowest BCUT2D eigenvalue weighted by atomic mass is 9.94. The molecule has 0 unspecified atom stereocenters. The predicted octanol–water partition coefficient (Wildman–Crippen LogP) is 5.19. The van der Waals surface area contributed by atoms with Gasteiger partial charge >= 0.3 is 0 Å². The molecule has 2 aromatic carbocycles. The summed E-state index contributed by atoms with van der Waals surface area (Å²) in [4.78, 5) is 24.4. The number of rotatable bonds is 5. The first-order valence-corrected chi connectivity index (χ1v) is 11.8. The number of anilines is 3. The van der Waals surface area contributed by atoms with Crippen LogP contribution in [0.5, 0.6) is 0 Å². The quantitative estimate of drug-likeness (QED) is 0.534. The SMILES string of the molecule is CC(C)(C)C(=O)N(Cc1csc(N2CCN(c3ccccc3)CC2)n1)c1ccc(F)cc1. The van der Waals surface area contributed by atoms with Gasteiger partial charge in [-0.3, -0.25) is 4.79 Å². The van der Waals surface area contributed by atoms with Crippen LogP contribution in [0.3, 0.4) is 0 Å². The molecule has 7 heteroatoms. The van der Waals surface area contributed by atoms with Gasteiger partial charge in [0.2, 0.25) is 5.91 Å². The number of carbonyl (C=O) groups excluding carboxylic acids is 1. The van der Waals surface area contributed by atoms with Crippen molar-refractivity contribution in [1.82, 2.24) is 4.98 Å². The van der Waals surface area contributed by atoms with Crippen LogP contribution >= 0.6 is 11.3 Å². The molecule has 1 amide bonds. The van der Waals surface area contributed by atoms with Crippen molar-refractivity contribution in [2.24, 2.45) is 5.41 Å². The number of piperazine rings is 1. The van der Waals surface area contributed by atoms with E-state index in [-0.39, 0.29) is 11.7 Å². The summed E-state index contributed by atoms with van der Waals surface area (Å²) in [6.45, 7) is 9.75.